The Morgan fingerprint density at radius 1 is 0.875 bits per heavy atom. The van der Waals surface area contributed by atoms with E-state index in [9.17, 15) is 14.4 Å². The molecule has 0 aliphatic carbocycles. The smallest absolute Gasteiger partial charge is 0.257 e. The molecular formula is C24H27N3O5. The Morgan fingerprint density at radius 2 is 1.53 bits per heavy atom. The summed E-state index contributed by atoms with van der Waals surface area (Å²) in [4.78, 5) is 43.7. The van der Waals surface area contributed by atoms with Crippen LogP contribution in [0.2, 0.25) is 0 Å². The zero-order valence-electron chi connectivity index (χ0n) is 18.3. The molecule has 0 saturated carbocycles. The summed E-state index contributed by atoms with van der Waals surface area (Å²) < 4.78 is 10.5. The highest BCUT2D eigenvalue weighted by Crippen LogP contribution is 2.28. The Hall–Kier alpha value is -3.55. The highest BCUT2D eigenvalue weighted by molar-refractivity contribution is 6.00. The first-order valence-corrected chi connectivity index (χ1v) is 10.7. The van der Waals surface area contributed by atoms with Crippen LogP contribution in [0.1, 0.15) is 16.8 Å². The zero-order valence-corrected chi connectivity index (χ0v) is 18.3. The number of para-hydroxylation sites is 1. The van der Waals surface area contributed by atoms with Gasteiger partial charge in [-0.25, -0.2) is 0 Å². The van der Waals surface area contributed by atoms with Gasteiger partial charge in [-0.1, -0.05) is 12.1 Å². The lowest BCUT2D eigenvalue weighted by Gasteiger charge is -2.36. The van der Waals surface area contributed by atoms with E-state index in [1.165, 1.54) is 0 Å². The minimum Gasteiger partial charge on any atom is -0.497 e. The number of amides is 3. The van der Waals surface area contributed by atoms with Gasteiger partial charge in [0.1, 0.15) is 11.5 Å². The van der Waals surface area contributed by atoms with Crippen molar-refractivity contribution in [1.82, 2.24) is 9.80 Å². The lowest BCUT2D eigenvalue weighted by atomic mass is 10.1. The number of ether oxygens (including phenoxy) is 2. The Bertz CT molecular complexity index is 999. The number of carbonyl (C=O) groups is 3. The van der Waals surface area contributed by atoms with Gasteiger partial charge in [-0.2, -0.15) is 0 Å². The molecule has 1 atom stereocenters. The van der Waals surface area contributed by atoms with E-state index in [-0.39, 0.29) is 30.1 Å². The Kier molecular flexibility index (Phi) is 6.30. The third kappa shape index (κ3) is 4.26. The molecule has 2 fully saturated rings. The second-order valence-corrected chi connectivity index (χ2v) is 7.92. The number of piperazine rings is 1. The third-order valence-corrected chi connectivity index (χ3v) is 6.07. The number of rotatable bonds is 5. The van der Waals surface area contributed by atoms with Crippen molar-refractivity contribution in [2.45, 2.75) is 6.42 Å². The van der Waals surface area contributed by atoms with Crippen molar-refractivity contribution < 1.29 is 23.9 Å². The normalized spacial score (nSPS) is 18.6. The van der Waals surface area contributed by atoms with Gasteiger partial charge in [0.15, 0.2) is 0 Å². The summed E-state index contributed by atoms with van der Waals surface area (Å²) in [5.41, 5.74) is 1.28. The van der Waals surface area contributed by atoms with E-state index in [2.05, 4.69) is 0 Å². The molecule has 2 aromatic rings. The average molecular weight is 437 g/mol. The summed E-state index contributed by atoms with van der Waals surface area (Å²) in [6.07, 6.45) is 0.200. The highest BCUT2D eigenvalue weighted by atomic mass is 16.5. The zero-order chi connectivity index (χ0) is 22.7. The first kappa shape index (κ1) is 21.7. The second-order valence-electron chi connectivity index (χ2n) is 7.92. The Balaban J connectivity index is 1.35. The molecule has 0 unspecified atom stereocenters. The van der Waals surface area contributed by atoms with Crippen LogP contribution in [-0.2, 0) is 9.59 Å². The minimum atomic E-state index is -0.374. The molecule has 0 spiro atoms. The van der Waals surface area contributed by atoms with Gasteiger partial charge in [-0.15, -0.1) is 0 Å². The van der Waals surface area contributed by atoms with E-state index in [0.29, 0.717) is 49.8 Å². The van der Waals surface area contributed by atoms with E-state index < -0.39 is 0 Å². The van der Waals surface area contributed by atoms with E-state index in [1.54, 1.807) is 59.3 Å². The Morgan fingerprint density at radius 3 is 2.19 bits per heavy atom. The quantitative estimate of drug-likeness (QED) is 0.715. The lowest BCUT2D eigenvalue weighted by Crippen LogP contribution is -2.52. The lowest BCUT2D eigenvalue weighted by molar-refractivity contribution is -0.137. The number of carbonyl (C=O) groups excluding carboxylic acids is 3. The van der Waals surface area contributed by atoms with Gasteiger partial charge < -0.3 is 24.2 Å². The maximum atomic E-state index is 13.1. The first-order valence-electron chi connectivity index (χ1n) is 10.7. The maximum absolute atomic E-state index is 13.1. The SMILES string of the molecule is COc1ccc(N2C[C@@H](C(=O)N3CCN(C(=O)c4ccccc4OC)CC3)CC2=O)cc1. The third-order valence-electron chi connectivity index (χ3n) is 6.07. The van der Waals surface area contributed by atoms with Crippen LogP contribution in [0.4, 0.5) is 5.69 Å². The molecule has 2 aliphatic rings. The van der Waals surface area contributed by atoms with Crippen LogP contribution < -0.4 is 14.4 Å². The van der Waals surface area contributed by atoms with Gasteiger partial charge in [0.05, 0.1) is 25.7 Å². The molecule has 0 N–H and O–H groups in total. The summed E-state index contributed by atoms with van der Waals surface area (Å²) in [7, 11) is 3.13. The highest BCUT2D eigenvalue weighted by Gasteiger charge is 2.38. The van der Waals surface area contributed by atoms with Gasteiger partial charge in [0.2, 0.25) is 11.8 Å². The van der Waals surface area contributed by atoms with Crippen LogP contribution >= 0.6 is 0 Å². The fourth-order valence-electron chi connectivity index (χ4n) is 4.26. The molecule has 0 aromatic heterocycles. The number of hydrogen-bond donors (Lipinski definition) is 0. The molecule has 4 rings (SSSR count). The van der Waals surface area contributed by atoms with Crippen molar-refractivity contribution >= 4 is 23.4 Å². The van der Waals surface area contributed by atoms with Gasteiger partial charge in [-0.05, 0) is 36.4 Å². The molecule has 168 valence electrons. The molecule has 3 amide bonds. The van der Waals surface area contributed by atoms with Crippen LogP contribution in [0.5, 0.6) is 11.5 Å². The second kappa shape index (κ2) is 9.30. The van der Waals surface area contributed by atoms with Crippen molar-refractivity contribution in [3.8, 4) is 11.5 Å². The summed E-state index contributed by atoms with van der Waals surface area (Å²) >= 11 is 0. The molecule has 2 aromatic carbocycles. The average Bonchev–Trinajstić information content (AvgIpc) is 3.24. The molecule has 32 heavy (non-hydrogen) atoms. The van der Waals surface area contributed by atoms with Crippen LogP contribution in [0.3, 0.4) is 0 Å². The molecule has 2 heterocycles. The predicted octanol–water partition coefficient (Wildman–Crippen LogP) is 2.04. The van der Waals surface area contributed by atoms with Crippen molar-refractivity contribution in [3.05, 3.63) is 54.1 Å². The predicted molar refractivity (Wildman–Crippen MR) is 119 cm³/mol. The van der Waals surface area contributed by atoms with Crippen molar-refractivity contribution in [2.24, 2.45) is 5.92 Å². The molecular weight excluding hydrogens is 410 g/mol. The van der Waals surface area contributed by atoms with E-state index >= 15 is 0 Å². The summed E-state index contributed by atoms with van der Waals surface area (Å²) in [6.45, 7) is 2.17. The number of benzene rings is 2. The minimum absolute atomic E-state index is 0.0289. The molecule has 2 aliphatic heterocycles. The molecule has 2 saturated heterocycles. The van der Waals surface area contributed by atoms with Crippen molar-refractivity contribution in [1.29, 1.82) is 0 Å². The van der Waals surface area contributed by atoms with Gasteiger partial charge >= 0.3 is 0 Å². The number of anilines is 1. The van der Waals surface area contributed by atoms with Crippen LogP contribution in [-0.4, -0.2) is 74.5 Å². The first-order chi connectivity index (χ1) is 15.5. The topological polar surface area (TPSA) is 79.4 Å². The molecule has 8 heteroatoms. The van der Waals surface area contributed by atoms with E-state index in [4.69, 9.17) is 9.47 Å². The maximum Gasteiger partial charge on any atom is 0.257 e. The van der Waals surface area contributed by atoms with Gasteiger partial charge in [0, 0.05) is 44.8 Å². The standard InChI is InChI=1S/C24H27N3O5/c1-31-19-9-7-18(8-10-19)27-16-17(15-22(27)28)23(29)25-11-13-26(14-12-25)24(30)20-5-3-4-6-21(20)32-2/h3-10,17H,11-16H2,1-2H3/t17-/m0/s1. The summed E-state index contributed by atoms with van der Waals surface area (Å²) in [5, 5.41) is 0. The van der Waals surface area contributed by atoms with Crippen LogP contribution in [0, 0.1) is 5.92 Å². The Labute approximate surface area is 187 Å². The molecule has 8 nitrogen and oxygen atoms in total. The number of methoxy groups -OCH3 is 2. The van der Waals surface area contributed by atoms with Gasteiger partial charge in [-0.3, -0.25) is 14.4 Å². The monoisotopic (exact) mass is 437 g/mol. The van der Waals surface area contributed by atoms with Crippen molar-refractivity contribution in [2.75, 3.05) is 51.8 Å². The largest absolute Gasteiger partial charge is 0.497 e. The summed E-state index contributed by atoms with van der Waals surface area (Å²) in [5.74, 6) is 0.697. The number of hydrogen-bond acceptors (Lipinski definition) is 5. The molecule has 0 radical (unpaired) electrons. The van der Waals surface area contributed by atoms with E-state index in [1.807, 2.05) is 18.2 Å². The van der Waals surface area contributed by atoms with Gasteiger partial charge in [0.25, 0.3) is 5.91 Å². The number of nitrogens with zero attached hydrogens (tertiary/aromatic N) is 3. The van der Waals surface area contributed by atoms with E-state index in [0.717, 1.165) is 5.69 Å². The van der Waals surface area contributed by atoms with Crippen LogP contribution in [0.25, 0.3) is 0 Å². The summed E-state index contributed by atoms with van der Waals surface area (Å²) in [6, 6.07) is 14.4. The van der Waals surface area contributed by atoms with Crippen LogP contribution in [0.15, 0.2) is 48.5 Å². The van der Waals surface area contributed by atoms with Crippen molar-refractivity contribution in [3.63, 3.8) is 0 Å². The molecule has 0 bridgehead atoms. The fraction of sp³-hybridized carbons (Fsp3) is 0.375. The fourth-order valence-corrected chi connectivity index (χ4v) is 4.26.